The zero-order valence-corrected chi connectivity index (χ0v) is 11.4. The Balaban J connectivity index is 1.89. The molecule has 0 aliphatic heterocycles. The van der Waals surface area contributed by atoms with Crippen LogP contribution in [0.25, 0.3) is 0 Å². The molecule has 1 heterocycles. The first-order valence-electron chi connectivity index (χ1n) is 6.91. The van der Waals surface area contributed by atoms with E-state index in [-0.39, 0.29) is 12.0 Å². The molecule has 2 unspecified atom stereocenters. The fourth-order valence-corrected chi connectivity index (χ4v) is 2.65. The smallest absolute Gasteiger partial charge is 0.0650 e. The number of ether oxygens (including phenoxy) is 1. The molecule has 1 aromatic heterocycles. The number of hydrogen-bond donors (Lipinski definition) is 1. The van der Waals surface area contributed by atoms with Crippen molar-refractivity contribution in [3.05, 3.63) is 18.0 Å². The molecule has 2 atom stereocenters. The molecule has 102 valence electrons. The Hall–Kier alpha value is -0.870. The number of methoxy groups -OCH3 is 1. The summed E-state index contributed by atoms with van der Waals surface area (Å²) in [6.07, 6.45) is 7.40. The van der Waals surface area contributed by atoms with E-state index in [0.717, 1.165) is 5.69 Å². The van der Waals surface area contributed by atoms with Crippen LogP contribution in [-0.4, -0.2) is 34.7 Å². The Morgan fingerprint density at radius 3 is 2.89 bits per heavy atom. The number of aliphatic hydroxyl groups excluding tert-OH is 1. The van der Waals surface area contributed by atoms with Gasteiger partial charge in [-0.3, -0.25) is 4.68 Å². The van der Waals surface area contributed by atoms with E-state index in [1.807, 2.05) is 13.0 Å². The lowest BCUT2D eigenvalue weighted by Gasteiger charge is -2.16. The van der Waals surface area contributed by atoms with Gasteiger partial charge in [0.2, 0.25) is 0 Å². The molecular weight excluding hydrogens is 228 g/mol. The average Bonchev–Trinajstić information content (AvgIpc) is 2.98. The van der Waals surface area contributed by atoms with E-state index in [0.29, 0.717) is 19.1 Å². The van der Waals surface area contributed by atoms with E-state index in [1.165, 1.54) is 25.7 Å². The van der Waals surface area contributed by atoms with Crippen molar-refractivity contribution in [2.24, 2.45) is 5.92 Å². The summed E-state index contributed by atoms with van der Waals surface area (Å²) in [4.78, 5) is 0. The van der Waals surface area contributed by atoms with Gasteiger partial charge in [0.05, 0.1) is 24.4 Å². The molecule has 0 spiro atoms. The first-order valence-corrected chi connectivity index (χ1v) is 6.91. The maximum Gasteiger partial charge on any atom is 0.0650 e. The summed E-state index contributed by atoms with van der Waals surface area (Å²) >= 11 is 0. The summed E-state index contributed by atoms with van der Waals surface area (Å²) in [5, 5.41) is 14.6. The van der Waals surface area contributed by atoms with E-state index < -0.39 is 0 Å². The van der Waals surface area contributed by atoms with Crippen molar-refractivity contribution in [1.29, 1.82) is 0 Å². The topological polar surface area (TPSA) is 47.3 Å². The highest BCUT2D eigenvalue weighted by molar-refractivity contribution is 5.02. The number of aromatic nitrogens is 2. The van der Waals surface area contributed by atoms with Gasteiger partial charge in [0, 0.05) is 25.6 Å². The predicted molar refractivity (Wildman–Crippen MR) is 70.5 cm³/mol. The molecule has 0 saturated heterocycles. The number of rotatable bonds is 6. The average molecular weight is 252 g/mol. The van der Waals surface area contributed by atoms with Gasteiger partial charge in [0.1, 0.15) is 0 Å². The molecule has 1 aromatic rings. The van der Waals surface area contributed by atoms with E-state index >= 15 is 0 Å². The lowest BCUT2D eigenvalue weighted by atomic mass is 10.0. The zero-order valence-electron chi connectivity index (χ0n) is 11.4. The Bertz CT molecular complexity index is 358. The first-order chi connectivity index (χ1) is 8.70. The predicted octanol–water partition coefficient (Wildman–Crippen LogP) is 2.18. The lowest BCUT2D eigenvalue weighted by Crippen LogP contribution is -2.24. The quantitative estimate of drug-likeness (QED) is 0.844. The van der Waals surface area contributed by atoms with Gasteiger partial charge in [0.25, 0.3) is 0 Å². The first kappa shape index (κ1) is 13.6. The summed E-state index contributed by atoms with van der Waals surface area (Å²) in [6.45, 7) is 2.59. The van der Waals surface area contributed by atoms with Crippen molar-refractivity contribution in [2.75, 3.05) is 13.7 Å². The van der Waals surface area contributed by atoms with Crippen LogP contribution in [0.15, 0.2) is 12.3 Å². The van der Waals surface area contributed by atoms with Crippen LogP contribution in [0.3, 0.4) is 0 Å². The Labute approximate surface area is 109 Å². The minimum atomic E-state index is -0.378. The molecule has 1 aliphatic rings. The molecule has 4 nitrogen and oxygen atoms in total. The highest BCUT2D eigenvalue weighted by Gasteiger charge is 2.19. The molecule has 0 bridgehead atoms. The van der Waals surface area contributed by atoms with Gasteiger partial charge < -0.3 is 9.84 Å². The summed E-state index contributed by atoms with van der Waals surface area (Å²) < 4.78 is 7.14. The lowest BCUT2D eigenvalue weighted by molar-refractivity contribution is 0.0568. The van der Waals surface area contributed by atoms with Gasteiger partial charge in [-0.05, 0) is 18.9 Å². The summed E-state index contributed by atoms with van der Waals surface area (Å²) in [5.41, 5.74) is 0.984. The van der Waals surface area contributed by atoms with E-state index in [4.69, 9.17) is 4.74 Å². The van der Waals surface area contributed by atoms with Crippen LogP contribution in [0, 0.1) is 5.92 Å². The second-order valence-corrected chi connectivity index (χ2v) is 5.43. The van der Waals surface area contributed by atoms with Crippen molar-refractivity contribution in [3.8, 4) is 0 Å². The molecule has 2 rings (SSSR count). The van der Waals surface area contributed by atoms with Gasteiger partial charge in [-0.15, -0.1) is 0 Å². The van der Waals surface area contributed by atoms with E-state index in [1.54, 1.807) is 7.11 Å². The summed E-state index contributed by atoms with van der Waals surface area (Å²) in [5.74, 6) is 0.145. The highest BCUT2D eigenvalue weighted by Crippen LogP contribution is 2.28. The van der Waals surface area contributed by atoms with Crippen LogP contribution in [0.4, 0.5) is 0 Å². The molecule has 18 heavy (non-hydrogen) atoms. The fraction of sp³-hybridized carbons (Fsp3) is 0.786. The maximum absolute atomic E-state index is 10.0. The van der Waals surface area contributed by atoms with Crippen molar-refractivity contribution in [3.63, 3.8) is 0 Å². The maximum atomic E-state index is 10.0. The molecule has 0 radical (unpaired) electrons. The molecule has 1 saturated carbocycles. The van der Waals surface area contributed by atoms with Crippen LogP contribution in [0.5, 0.6) is 0 Å². The van der Waals surface area contributed by atoms with Crippen molar-refractivity contribution < 1.29 is 9.84 Å². The van der Waals surface area contributed by atoms with Crippen LogP contribution < -0.4 is 0 Å². The monoisotopic (exact) mass is 252 g/mol. The zero-order chi connectivity index (χ0) is 13.0. The highest BCUT2D eigenvalue weighted by atomic mass is 16.5. The molecule has 0 aromatic carbocycles. The third-order valence-corrected chi connectivity index (χ3v) is 3.87. The summed E-state index contributed by atoms with van der Waals surface area (Å²) in [6, 6.07) is 2.61. The molecule has 4 heteroatoms. The second-order valence-electron chi connectivity index (χ2n) is 5.43. The Kier molecular flexibility index (Phi) is 4.78. The third-order valence-electron chi connectivity index (χ3n) is 3.87. The SMILES string of the molecule is COCC(C)C(O)Cc1ccn(C2CCCC2)n1. The minimum absolute atomic E-state index is 0.145. The van der Waals surface area contributed by atoms with Crippen molar-refractivity contribution in [1.82, 2.24) is 9.78 Å². The Morgan fingerprint density at radius 1 is 1.50 bits per heavy atom. The molecule has 1 aliphatic carbocycles. The van der Waals surface area contributed by atoms with E-state index in [9.17, 15) is 5.11 Å². The third kappa shape index (κ3) is 3.33. The Morgan fingerprint density at radius 2 is 2.22 bits per heavy atom. The van der Waals surface area contributed by atoms with Crippen LogP contribution in [0.2, 0.25) is 0 Å². The number of aliphatic hydroxyl groups is 1. The van der Waals surface area contributed by atoms with Gasteiger partial charge in [0.15, 0.2) is 0 Å². The van der Waals surface area contributed by atoms with Gasteiger partial charge in [-0.25, -0.2) is 0 Å². The van der Waals surface area contributed by atoms with Gasteiger partial charge in [-0.1, -0.05) is 19.8 Å². The van der Waals surface area contributed by atoms with Gasteiger partial charge in [-0.2, -0.15) is 5.10 Å². The molecular formula is C14H24N2O2. The molecule has 0 amide bonds. The fourth-order valence-electron chi connectivity index (χ4n) is 2.65. The number of hydrogen-bond acceptors (Lipinski definition) is 3. The second kappa shape index (κ2) is 6.34. The van der Waals surface area contributed by atoms with Crippen LogP contribution >= 0.6 is 0 Å². The summed E-state index contributed by atoms with van der Waals surface area (Å²) in [7, 11) is 1.66. The van der Waals surface area contributed by atoms with Crippen LogP contribution in [0.1, 0.15) is 44.3 Å². The van der Waals surface area contributed by atoms with Crippen LogP contribution in [-0.2, 0) is 11.2 Å². The standard InChI is InChI=1S/C14H24N2O2/c1-11(10-18-2)14(17)9-12-7-8-16(15-12)13-5-3-4-6-13/h7-8,11,13-14,17H,3-6,9-10H2,1-2H3. The van der Waals surface area contributed by atoms with Gasteiger partial charge >= 0.3 is 0 Å². The molecule has 1 fully saturated rings. The normalized spacial score (nSPS) is 20.2. The molecule has 1 N–H and O–H groups in total. The number of nitrogens with zero attached hydrogens (tertiary/aromatic N) is 2. The minimum Gasteiger partial charge on any atom is -0.392 e. The van der Waals surface area contributed by atoms with Crippen molar-refractivity contribution in [2.45, 2.75) is 51.2 Å². The van der Waals surface area contributed by atoms with E-state index in [2.05, 4.69) is 16.0 Å². The van der Waals surface area contributed by atoms with Crippen molar-refractivity contribution >= 4 is 0 Å². The largest absolute Gasteiger partial charge is 0.392 e.